The largest absolute Gasteiger partial charge is 0.310 e. The second-order valence-electron chi connectivity index (χ2n) is 5.87. The van der Waals surface area contributed by atoms with E-state index in [1.807, 2.05) is 46.5 Å². The topological polar surface area (TPSA) is 59.8 Å². The first-order chi connectivity index (χ1) is 13.1. The zero-order valence-electron chi connectivity index (χ0n) is 14.3. The Morgan fingerprint density at radius 2 is 2.04 bits per heavy atom. The van der Waals surface area contributed by atoms with Gasteiger partial charge in [-0.25, -0.2) is 9.97 Å². The average Bonchev–Trinajstić information content (AvgIpc) is 3.38. The normalized spacial score (nSPS) is 10.9. The maximum Gasteiger partial charge on any atom is 0.229 e. The van der Waals surface area contributed by atoms with Gasteiger partial charge in [0.15, 0.2) is 5.13 Å². The van der Waals surface area contributed by atoms with Gasteiger partial charge in [0.05, 0.1) is 23.2 Å². The molecule has 27 heavy (non-hydrogen) atoms. The van der Waals surface area contributed by atoms with Gasteiger partial charge >= 0.3 is 0 Å². The van der Waals surface area contributed by atoms with Crippen LogP contribution < -0.4 is 5.32 Å². The lowest BCUT2D eigenvalue weighted by atomic mass is 10.1. The fourth-order valence-corrected chi connectivity index (χ4v) is 4.42. The lowest BCUT2D eigenvalue weighted by Crippen LogP contribution is -2.17. The molecule has 3 aromatic heterocycles. The van der Waals surface area contributed by atoms with Crippen molar-refractivity contribution in [1.29, 1.82) is 0 Å². The monoisotopic (exact) mass is 414 g/mol. The molecule has 1 aromatic carbocycles. The molecule has 136 valence electrons. The highest BCUT2D eigenvalue weighted by molar-refractivity contribution is 7.15. The Kier molecular flexibility index (Phi) is 5.07. The van der Waals surface area contributed by atoms with Crippen LogP contribution >= 0.6 is 34.3 Å². The summed E-state index contributed by atoms with van der Waals surface area (Å²) in [5, 5.41) is 8.40. The van der Waals surface area contributed by atoms with Crippen molar-refractivity contribution in [3.05, 3.63) is 69.8 Å². The van der Waals surface area contributed by atoms with Gasteiger partial charge in [-0.2, -0.15) is 0 Å². The van der Waals surface area contributed by atoms with Gasteiger partial charge in [-0.15, -0.1) is 22.7 Å². The van der Waals surface area contributed by atoms with Gasteiger partial charge in [0.25, 0.3) is 0 Å². The molecule has 1 N–H and O–H groups in total. The van der Waals surface area contributed by atoms with Crippen LogP contribution in [0.25, 0.3) is 15.7 Å². The Morgan fingerprint density at radius 1 is 1.22 bits per heavy atom. The third-order valence-corrected chi connectivity index (χ3v) is 5.91. The van der Waals surface area contributed by atoms with E-state index in [4.69, 9.17) is 16.6 Å². The first-order valence-corrected chi connectivity index (χ1v) is 10.3. The van der Waals surface area contributed by atoms with E-state index in [0.29, 0.717) is 10.8 Å². The van der Waals surface area contributed by atoms with E-state index in [9.17, 15) is 4.79 Å². The lowest BCUT2D eigenvalue weighted by molar-refractivity contribution is -0.115. The molecule has 0 fully saturated rings. The highest BCUT2D eigenvalue weighted by Gasteiger charge is 2.15. The predicted molar refractivity (Wildman–Crippen MR) is 111 cm³/mol. The molecular formula is C19H15ClN4OS2. The molecule has 0 atom stereocenters. The molecule has 0 saturated carbocycles. The highest BCUT2D eigenvalue weighted by Crippen LogP contribution is 2.29. The first kappa shape index (κ1) is 17.9. The van der Waals surface area contributed by atoms with E-state index >= 15 is 0 Å². The molecule has 0 bridgehead atoms. The maximum absolute atomic E-state index is 12.5. The molecule has 0 aliphatic rings. The zero-order chi connectivity index (χ0) is 18.8. The third kappa shape index (κ3) is 3.95. The summed E-state index contributed by atoms with van der Waals surface area (Å²) in [5.41, 5.74) is 1.82. The molecule has 0 aliphatic heterocycles. The number of nitrogens with zero attached hydrogens (tertiary/aromatic N) is 3. The number of imidazole rings is 1. The number of carbonyl (C=O) groups is 1. The molecule has 4 rings (SSSR count). The van der Waals surface area contributed by atoms with Crippen molar-refractivity contribution in [2.45, 2.75) is 13.3 Å². The van der Waals surface area contributed by atoms with Crippen molar-refractivity contribution in [3.63, 3.8) is 0 Å². The van der Waals surface area contributed by atoms with Gasteiger partial charge in [0.2, 0.25) is 5.91 Å². The van der Waals surface area contributed by atoms with Gasteiger partial charge < -0.3 is 5.32 Å². The van der Waals surface area contributed by atoms with E-state index in [1.54, 1.807) is 29.7 Å². The summed E-state index contributed by atoms with van der Waals surface area (Å²) in [7, 11) is 0. The summed E-state index contributed by atoms with van der Waals surface area (Å²) < 4.78 is 1.86. The standard InChI is InChI=1S/C19H15ClN4OS2/c1-12-21-10-17(23-18(25)9-13-4-6-14(20)7-5-13)24(12)19-22-15(11-27-19)16-3-2-8-26-16/h2-8,10-11H,9H2,1H3,(H,23,25). The maximum atomic E-state index is 12.5. The number of aryl methyl sites for hydroxylation is 1. The van der Waals surface area contributed by atoms with Crippen LogP contribution in [0.15, 0.2) is 53.4 Å². The zero-order valence-corrected chi connectivity index (χ0v) is 16.7. The summed E-state index contributed by atoms with van der Waals surface area (Å²) in [6.07, 6.45) is 1.92. The Balaban J connectivity index is 1.55. The van der Waals surface area contributed by atoms with Crippen LogP contribution in [0.3, 0.4) is 0 Å². The number of amides is 1. The third-order valence-electron chi connectivity index (χ3n) is 3.94. The molecule has 0 saturated heterocycles. The van der Waals surface area contributed by atoms with Crippen LogP contribution in [-0.4, -0.2) is 20.4 Å². The van der Waals surface area contributed by atoms with Gasteiger partial charge in [0.1, 0.15) is 11.6 Å². The number of anilines is 1. The lowest BCUT2D eigenvalue weighted by Gasteiger charge is -2.08. The van der Waals surface area contributed by atoms with E-state index in [1.165, 1.54) is 11.3 Å². The van der Waals surface area contributed by atoms with Crippen molar-refractivity contribution < 1.29 is 4.79 Å². The van der Waals surface area contributed by atoms with E-state index in [0.717, 1.165) is 27.1 Å². The summed E-state index contributed by atoms with van der Waals surface area (Å²) >= 11 is 9.06. The molecule has 5 nitrogen and oxygen atoms in total. The van der Waals surface area contributed by atoms with Crippen molar-refractivity contribution in [2.24, 2.45) is 0 Å². The smallest absolute Gasteiger partial charge is 0.229 e. The number of halogens is 1. The fraction of sp³-hybridized carbons (Fsp3) is 0.105. The fourth-order valence-electron chi connectivity index (χ4n) is 2.65. The highest BCUT2D eigenvalue weighted by atomic mass is 35.5. The average molecular weight is 415 g/mol. The number of hydrogen-bond acceptors (Lipinski definition) is 5. The first-order valence-electron chi connectivity index (χ1n) is 8.18. The summed E-state index contributed by atoms with van der Waals surface area (Å²) in [5.74, 6) is 1.26. The molecule has 0 unspecified atom stereocenters. The number of hydrogen-bond donors (Lipinski definition) is 1. The Labute approximate surface area is 169 Å². The van der Waals surface area contributed by atoms with Crippen LogP contribution in [0, 0.1) is 6.92 Å². The number of thiazole rings is 1. The minimum Gasteiger partial charge on any atom is -0.310 e. The van der Waals surface area contributed by atoms with Crippen molar-refractivity contribution in [1.82, 2.24) is 14.5 Å². The van der Waals surface area contributed by atoms with E-state index in [-0.39, 0.29) is 12.3 Å². The van der Waals surface area contributed by atoms with E-state index in [2.05, 4.69) is 10.3 Å². The molecule has 0 radical (unpaired) electrons. The molecule has 8 heteroatoms. The Bertz CT molecular complexity index is 1070. The van der Waals surface area contributed by atoms with Crippen LogP contribution in [0.1, 0.15) is 11.4 Å². The Morgan fingerprint density at radius 3 is 2.78 bits per heavy atom. The molecule has 0 spiro atoms. The number of nitrogens with one attached hydrogen (secondary N) is 1. The quantitative estimate of drug-likeness (QED) is 0.488. The SMILES string of the molecule is Cc1ncc(NC(=O)Cc2ccc(Cl)cc2)n1-c1nc(-c2cccs2)cs1. The van der Waals surface area contributed by atoms with Gasteiger partial charge in [-0.3, -0.25) is 9.36 Å². The van der Waals surface area contributed by atoms with Crippen molar-refractivity contribution in [2.75, 3.05) is 5.32 Å². The summed E-state index contributed by atoms with van der Waals surface area (Å²) in [6, 6.07) is 11.3. The number of aromatic nitrogens is 3. The minimum absolute atomic E-state index is 0.117. The molecule has 4 aromatic rings. The number of benzene rings is 1. The van der Waals surface area contributed by atoms with Crippen LogP contribution in [0.2, 0.25) is 5.02 Å². The second kappa shape index (κ2) is 7.64. The molecule has 3 heterocycles. The van der Waals surface area contributed by atoms with Gasteiger partial charge in [0, 0.05) is 10.4 Å². The van der Waals surface area contributed by atoms with Gasteiger partial charge in [-0.1, -0.05) is 29.8 Å². The predicted octanol–water partition coefficient (Wildman–Crippen LogP) is 5.20. The molecule has 0 aliphatic carbocycles. The van der Waals surface area contributed by atoms with Crippen molar-refractivity contribution in [3.8, 4) is 15.7 Å². The summed E-state index contributed by atoms with van der Waals surface area (Å²) in [6.45, 7) is 1.89. The minimum atomic E-state index is -0.117. The van der Waals surface area contributed by atoms with Crippen LogP contribution in [-0.2, 0) is 11.2 Å². The van der Waals surface area contributed by atoms with Gasteiger partial charge in [-0.05, 0) is 36.1 Å². The van der Waals surface area contributed by atoms with E-state index < -0.39 is 0 Å². The molecule has 1 amide bonds. The number of rotatable bonds is 5. The second-order valence-corrected chi connectivity index (χ2v) is 8.09. The number of thiophene rings is 1. The van der Waals surface area contributed by atoms with Crippen LogP contribution in [0.4, 0.5) is 5.82 Å². The van der Waals surface area contributed by atoms with Crippen molar-refractivity contribution >= 4 is 46.0 Å². The Hall–Kier alpha value is -2.48. The summed E-state index contributed by atoms with van der Waals surface area (Å²) in [4.78, 5) is 22.6. The van der Waals surface area contributed by atoms with Crippen LogP contribution in [0.5, 0.6) is 0 Å². The number of carbonyl (C=O) groups excluding carboxylic acids is 1. The molecular weight excluding hydrogens is 400 g/mol.